The van der Waals surface area contributed by atoms with E-state index in [1.54, 1.807) is 0 Å². The molecular formula is C12H16F3N3. The van der Waals surface area contributed by atoms with E-state index in [1.807, 2.05) is 0 Å². The van der Waals surface area contributed by atoms with Gasteiger partial charge in [0.25, 0.3) is 0 Å². The Morgan fingerprint density at radius 3 is 2.61 bits per heavy atom. The molecule has 1 atom stereocenters. The van der Waals surface area contributed by atoms with Crippen LogP contribution in [0.3, 0.4) is 0 Å². The van der Waals surface area contributed by atoms with Crippen LogP contribution in [0.2, 0.25) is 0 Å². The number of hydrogen-bond acceptors (Lipinski definition) is 3. The molecule has 0 spiro atoms. The lowest BCUT2D eigenvalue weighted by Gasteiger charge is -2.23. The van der Waals surface area contributed by atoms with Crippen molar-refractivity contribution in [2.75, 3.05) is 6.54 Å². The molecule has 1 aromatic heterocycles. The number of nitrogens with zero attached hydrogens (tertiary/aromatic N) is 2. The third-order valence-corrected chi connectivity index (χ3v) is 3.16. The minimum atomic E-state index is -4.41. The van der Waals surface area contributed by atoms with Gasteiger partial charge >= 0.3 is 6.18 Å². The predicted octanol–water partition coefficient (Wildman–Crippen LogP) is 2.57. The molecule has 6 heteroatoms. The molecular weight excluding hydrogens is 243 g/mol. The first-order valence-corrected chi connectivity index (χ1v) is 6.17. The van der Waals surface area contributed by atoms with Crippen LogP contribution in [0.5, 0.6) is 0 Å². The second kappa shape index (κ2) is 5.65. The van der Waals surface area contributed by atoms with Crippen molar-refractivity contribution in [3.8, 4) is 0 Å². The first-order valence-electron chi connectivity index (χ1n) is 6.17. The quantitative estimate of drug-likeness (QED) is 0.906. The number of alkyl halides is 3. The summed E-state index contributed by atoms with van der Waals surface area (Å²) < 4.78 is 36.9. The Morgan fingerprint density at radius 2 is 2.06 bits per heavy atom. The molecule has 1 N–H and O–H groups in total. The Kier molecular flexibility index (Phi) is 4.16. The lowest BCUT2D eigenvalue weighted by Crippen LogP contribution is -2.34. The predicted molar refractivity (Wildman–Crippen MR) is 61.0 cm³/mol. The Morgan fingerprint density at radius 1 is 1.22 bits per heavy atom. The van der Waals surface area contributed by atoms with Crippen molar-refractivity contribution < 1.29 is 13.2 Å². The van der Waals surface area contributed by atoms with Gasteiger partial charge in [-0.1, -0.05) is 6.42 Å². The van der Waals surface area contributed by atoms with Crippen molar-refractivity contribution in [3.05, 3.63) is 23.8 Å². The first kappa shape index (κ1) is 13.3. The van der Waals surface area contributed by atoms with Crippen LogP contribution in [0.4, 0.5) is 13.2 Å². The highest BCUT2D eigenvalue weighted by Gasteiger charge is 2.32. The molecule has 2 rings (SSSR count). The molecule has 1 saturated heterocycles. The minimum Gasteiger partial charge on any atom is -0.314 e. The van der Waals surface area contributed by atoms with Gasteiger partial charge < -0.3 is 5.32 Å². The van der Waals surface area contributed by atoms with E-state index < -0.39 is 11.9 Å². The van der Waals surface area contributed by atoms with Crippen molar-refractivity contribution in [1.82, 2.24) is 15.3 Å². The zero-order valence-corrected chi connectivity index (χ0v) is 10.0. The molecule has 0 amide bonds. The Labute approximate surface area is 104 Å². The topological polar surface area (TPSA) is 37.8 Å². The summed E-state index contributed by atoms with van der Waals surface area (Å²) in [5.74, 6) is 0. The molecule has 0 saturated carbocycles. The highest BCUT2D eigenvalue weighted by molar-refractivity contribution is 5.05. The van der Waals surface area contributed by atoms with E-state index >= 15 is 0 Å². The lowest BCUT2D eigenvalue weighted by atomic mass is 10.00. The van der Waals surface area contributed by atoms with Crippen LogP contribution in [0.1, 0.15) is 37.1 Å². The Balaban J connectivity index is 1.86. The molecule has 3 nitrogen and oxygen atoms in total. The number of rotatable bonds is 3. The van der Waals surface area contributed by atoms with Gasteiger partial charge in [-0.2, -0.15) is 13.2 Å². The third kappa shape index (κ3) is 3.66. The van der Waals surface area contributed by atoms with Gasteiger partial charge in [-0.25, -0.2) is 4.98 Å². The van der Waals surface area contributed by atoms with Gasteiger partial charge in [-0.15, -0.1) is 0 Å². The van der Waals surface area contributed by atoms with Crippen LogP contribution < -0.4 is 5.32 Å². The maximum absolute atomic E-state index is 12.3. The maximum Gasteiger partial charge on any atom is 0.434 e. The molecule has 0 aromatic carbocycles. The minimum absolute atomic E-state index is 0.461. The lowest BCUT2D eigenvalue weighted by molar-refractivity contribution is -0.141. The zero-order valence-electron chi connectivity index (χ0n) is 10.0. The summed E-state index contributed by atoms with van der Waals surface area (Å²) in [6.45, 7) is 1.03. The number of aryl methyl sites for hydroxylation is 1. The van der Waals surface area contributed by atoms with E-state index in [0.29, 0.717) is 18.2 Å². The number of aromatic nitrogens is 2. The van der Waals surface area contributed by atoms with Crippen molar-refractivity contribution in [1.29, 1.82) is 0 Å². The number of halogens is 3. The highest BCUT2D eigenvalue weighted by atomic mass is 19.4. The molecule has 1 fully saturated rings. The van der Waals surface area contributed by atoms with Crippen LogP contribution in [-0.2, 0) is 12.6 Å². The largest absolute Gasteiger partial charge is 0.434 e. The van der Waals surface area contributed by atoms with Gasteiger partial charge in [0.2, 0.25) is 0 Å². The van der Waals surface area contributed by atoms with E-state index in [1.165, 1.54) is 19.0 Å². The summed E-state index contributed by atoms with van der Waals surface area (Å²) in [6, 6.07) is 0.461. The standard InChI is InChI=1S/C12H16F3N3/c13-12(14,15)11-8-17-10(7-18-11)5-4-9-3-1-2-6-16-9/h7-9,16H,1-6H2. The second-order valence-corrected chi connectivity index (χ2v) is 4.58. The van der Waals surface area contributed by atoms with Crippen molar-refractivity contribution in [2.45, 2.75) is 44.3 Å². The van der Waals surface area contributed by atoms with Crippen LogP contribution in [0.15, 0.2) is 12.4 Å². The highest BCUT2D eigenvalue weighted by Crippen LogP contribution is 2.26. The molecule has 2 heterocycles. The van der Waals surface area contributed by atoms with Gasteiger partial charge in [0.05, 0.1) is 11.9 Å². The molecule has 0 aliphatic carbocycles. The van der Waals surface area contributed by atoms with Gasteiger partial charge in [-0.3, -0.25) is 4.98 Å². The van der Waals surface area contributed by atoms with Crippen LogP contribution in [0.25, 0.3) is 0 Å². The molecule has 1 unspecified atom stereocenters. The zero-order chi connectivity index (χ0) is 13.0. The molecule has 0 bridgehead atoms. The van der Waals surface area contributed by atoms with E-state index in [0.717, 1.165) is 25.6 Å². The van der Waals surface area contributed by atoms with Crippen molar-refractivity contribution in [3.63, 3.8) is 0 Å². The molecule has 0 radical (unpaired) electrons. The Hall–Kier alpha value is -1.17. The van der Waals surface area contributed by atoms with Crippen LogP contribution >= 0.6 is 0 Å². The van der Waals surface area contributed by atoms with Crippen LogP contribution in [-0.4, -0.2) is 22.6 Å². The fraction of sp³-hybridized carbons (Fsp3) is 0.667. The van der Waals surface area contributed by atoms with E-state index in [9.17, 15) is 13.2 Å². The van der Waals surface area contributed by atoms with Gasteiger partial charge in [0.15, 0.2) is 5.69 Å². The second-order valence-electron chi connectivity index (χ2n) is 4.58. The Bertz CT molecular complexity index is 369. The van der Waals surface area contributed by atoms with Gasteiger partial charge in [0.1, 0.15) is 0 Å². The van der Waals surface area contributed by atoms with Gasteiger partial charge in [-0.05, 0) is 32.2 Å². The number of piperidine rings is 1. The average Bonchev–Trinajstić information content (AvgIpc) is 2.37. The summed E-state index contributed by atoms with van der Waals surface area (Å²) in [6.07, 6.45) is 2.76. The SMILES string of the molecule is FC(F)(F)c1cnc(CCC2CCCCN2)cn1. The monoisotopic (exact) mass is 259 g/mol. The fourth-order valence-electron chi connectivity index (χ4n) is 2.12. The average molecular weight is 259 g/mol. The smallest absolute Gasteiger partial charge is 0.314 e. The summed E-state index contributed by atoms with van der Waals surface area (Å²) in [5.41, 5.74) is -0.308. The first-order chi connectivity index (χ1) is 8.55. The fourth-order valence-corrected chi connectivity index (χ4v) is 2.12. The van der Waals surface area contributed by atoms with E-state index in [-0.39, 0.29) is 0 Å². The molecule has 1 aliphatic heterocycles. The summed E-state index contributed by atoms with van der Waals surface area (Å²) in [7, 11) is 0. The summed E-state index contributed by atoms with van der Waals surface area (Å²) in [5, 5.41) is 3.40. The van der Waals surface area contributed by atoms with Crippen molar-refractivity contribution >= 4 is 0 Å². The molecule has 1 aromatic rings. The number of hydrogen-bond donors (Lipinski definition) is 1. The third-order valence-electron chi connectivity index (χ3n) is 3.16. The maximum atomic E-state index is 12.3. The number of nitrogens with one attached hydrogen (secondary N) is 1. The van der Waals surface area contributed by atoms with Gasteiger partial charge in [0, 0.05) is 12.2 Å². The van der Waals surface area contributed by atoms with E-state index in [4.69, 9.17) is 0 Å². The normalized spacial score (nSPS) is 20.9. The van der Waals surface area contributed by atoms with Crippen LogP contribution in [0, 0.1) is 0 Å². The summed E-state index contributed by atoms with van der Waals surface area (Å²) >= 11 is 0. The van der Waals surface area contributed by atoms with E-state index in [2.05, 4.69) is 15.3 Å². The molecule has 1 aliphatic rings. The van der Waals surface area contributed by atoms with Crippen molar-refractivity contribution in [2.24, 2.45) is 0 Å². The molecule has 18 heavy (non-hydrogen) atoms. The summed E-state index contributed by atoms with van der Waals surface area (Å²) in [4.78, 5) is 7.23. The molecule has 100 valence electrons.